The topological polar surface area (TPSA) is 237 Å². The second-order valence-corrected chi connectivity index (χ2v) is 32.3. The Bertz CT molecular complexity index is 1910. The Morgan fingerprint density at radius 2 is 0.480 bits per heavy atom. The van der Waals surface area contributed by atoms with Crippen LogP contribution in [0.3, 0.4) is 0 Å². The molecule has 0 spiro atoms. The molecule has 0 saturated heterocycles. The lowest BCUT2D eigenvalue weighted by Gasteiger charge is -2.21. The molecule has 0 aliphatic carbocycles. The molecule has 0 fully saturated rings. The molecule has 0 bridgehead atoms. The molecule has 17 nitrogen and oxygen atoms in total. The van der Waals surface area contributed by atoms with Gasteiger partial charge in [-0.2, -0.15) is 0 Å². The monoisotopic (exact) mass is 1470 g/mol. The number of ether oxygens (including phenoxy) is 4. The van der Waals surface area contributed by atoms with Crippen molar-refractivity contribution in [1.82, 2.24) is 0 Å². The van der Waals surface area contributed by atoms with E-state index in [2.05, 4.69) is 34.6 Å². The first-order valence-corrected chi connectivity index (χ1v) is 45.2. The van der Waals surface area contributed by atoms with E-state index in [0.29, 0.717) is 25.7 Å². The molecule has 594 valence electrons. The zero-order valence-corrected chi connectivity index (χ0v) is 67.1. The van der Waals surface area contributed by atoms with Crippen molar-refractivity contribution in [2.45, 2.75) is 451 Å². The highest BCUT2D eigenvalue weighted by molar-refractivity contribution is 7.47. The maximum atomic E-state index is 13.1. The fourth-order valence-corrected chi connectivity index (χ4v) is 14.1. The average molecular weight is 1470 g/mol. The molecule has 0 rings (SSSR count). The molecule has 100 heavy (non-hydrogen) atoms. The number of phosphoric ester groups is 2. The van der Waals surface area contributed by atoms with E-state index < -0.39 is 97.5 Å². The minimum absolute atomic E-state index is 0.107. The fourth-order valence-electron chi connectivity index (χ4n) is 12.6. The standard InChI is InChI=1S/C81H158O17P2/c1-6-10-13-16-19-22-25-28-30-32-33-34-35-36-38-41-44-47-50-57-62-67-80(85)97-76(70-91-78(83)64-59-54-48-45-42-40-37-31-29-26-23-20-17-14-11-7-2)72-95-99(87,88)93-68-75(82)69-94-100(89,90)96-73-77(71-92-79(84)65-60-55-52-51-53-58-63-74(5)9-4)98-81(86)66-61-56-49-46-43-39-27-24-21-18-15-12-8-3/h74-77,82H,6-73H2,1-5H3,(H,87,88)(H,89,90)/t74?,75-,76-,77-/m1/s1. The number of esters is 4. The maximum absolute atomic E-state index is 13.1. The van der Waals surface area contributed by atoms with Crippen molar-refractivity contribution < 1.29 is 80.2 Å². The van der Waals surface area contributed by atoms with Gasteiger partial charge in [-0.15, -0.1) is 0 Å². The molecule has 3 N–H and O–H groups in total. The van der Waals surface area contributed by atoms with Gasteiger partial charge in [0.1, 0.15) is 19.3 Å². The highest BCUT2D eigenvalue weighted by Gasteiger charge is 2.30. The second-order valence-electron chi connectivity index (χ2n) is 29.4. The van der Waals surface area contributed by atoms with Crippen molar-refractivity contribution in [3.8, 4) is 0 Å². The van der Waals surface area contributed by atoms with Crippen LogP contribution >= 0.6 is 15.6 Å². The van der Waals surface area contributed by atoms with Crippen LogP contribution < -0.4 is 0 Å². The summed E-state index contributed by atoms with van der Waals surface area (Å²) in [6.07, 6.45) is 65.3. The Balaban J connectivity index is 5.22. The molecule has 0 aliphatic rings. The van der Waals surface area contributed by atoms with Crippen LogP contribution in [-0.4, -0.2) is 96.7 Å². The van der Waals surface area contributed by atoms with E-state index in [1.807, 2.05) is 0 Å². The summed E-state index contributed by atoms with van der Waals surface area (Å²) in [6.45, 7) is 7.29. The molecule has 0 aromatic rings. The lowest BCUT2D eigenvalue weighted by molar-refractivity contribution is -0.161. The maximum Gasteiger partial charge on any atom is 0.472 e. The average Bonchev–Trinajstić information content (AvgIpc) is 0.997. The molecule has 0 aromatic heterocycles. The summed E-state index contributed by atoms with van der Waals surface area (Å²) >= 11 is 0. The van der Waals surface area contributed by atoms with Crippen LogP contribution in [0.15, 0.2) is 0 Å². The van der Waals surface area contributed by atoms with Crippen LogP contribution in [0.4, 0.5) is 0 Å². The van der Waals surface area contributed by atoms with Crippen molar-refractivity contribution in [1.29, 1.82) is 0 Å². The molecule has 0 saturated carbocycles. The van der Waals surface area contributed by atoms with E-state index >= 15 is 0 Å². The van der Waals surface area contributed by atoms with E-state index in [1.54, 1.807) is 0 Å². The van der Waals surface area contributed by atoms with E-state index in [1.165, 1.54) is 250 Å². The zero-order chi connectivity index (χ0) is 73.4. The predicted octanol–water partition coefficient (Wildman–Crippen LogP) is 24.4. The Kier molecular flexibility index (Phi) is 72.5. The highest BCUT2D eigenvalue weighted by atomic mass is 31.2. The van der Waals surface area contributed by atoms with Gasteiger partial charge in [0, 0.05) is 25.7 Å². The summed E-state index contributed by atoms with van der Waals surface area (Å²) in [5, 5.41) is 10.6. The third kappa shape index (κ3) is 73.0. The van der Waals surface area contributed by atoms with Gasteiger partial charge in [-0.3, -0.25) is 37.3 Å². The van der Waals surface area contributed by atoms with Gasteiger partial charge in [0.15, 0.2) is 12.2 Å². The number of phosphoric acid groups is 2. The minimum Gasteiger partial charge on any atom is -0.462 e. The van der Waals surface area contributed by atoms with Gasteiger partial charge >= 0.3 is 39.5 Å². The molecule has 0 heterocycles. The van der Waals surface area contributed by atoms with Gasteiger partial charge in [-0.05, 0) is 31.6 Å². The summed E-state index contributed by atoms with van der Waals surface area (Å²) in [7, 11) is -9.92. The summed E-state index contributed by atoms with van der Waals surface area (Å²) in [5.74, 6) is -1.38. The molecule has 0 amide bonds. The van der Waals surface area contributed by atoms with Gasteiger partial charge < -0.3 is 33.8 Å². The number of rotatable bonds is 81. The lowest BCUT2D eigenvalue weighted by atomic mass is 10.00. The smallest absolute Gasteiger partial charge is 0.462 e. The minimum atomic E-state index is -4.96. The number of carbonyl (C=O) groups is 4. The van der Waals surface area contributed by atoms with Crippen LogP contribution in [-0.2, 0) is 65.4 Å². The zero-order valence-electron chi connectivity index (χ0n) is 65.3. The summed E-state index contributed by atoms with van der Waals surface area (Å²) < 4.78 is 68.7. The Morgan fingerprint density at radius 3 is 0.710 bits per heavy atom. The molecular weight excluding hydrogens is 1310 g/mol. The van der Waals surface area contributed by atoms with Crippen molar-refractivity contribution in [3.63, 3.8) is 0 Å². The van der Waals surface area contributed by atoms with Crippen molar-refractivity contribution >= 4 is 39.5 Å². The van der Waals surface area contributed by atoms with Gasteiger partial charge in [-0.25, -0.2) is 9.13 Å². The third-order valence-corrected chi connectivity index (χ3v) is 21.3. The summed E-state index contributed by atoms with van der Waals surface area (Å²) in [4.78, 5) is 73.0. The highest BCUT2D eigenvalue weighted by Crippen LogP contribution is 2.45. The molecule has 0 radical (unpaired) electrons. The largest absolute Gasteiger partial charge is 0.472 e. The van der Waals surface area contributed by atoms with Crippen molar-refractivity contribution in [2.24, 2.45) is 5.92 Å². The molecule has 6 atom stereocenters. The Hall–Kier alpha value is -1.94. The van der Waals surface area contributed by atoms with Gasteiger partial charge in [0.05, 0.1) is 26.4 Å². The summed E-state index contributed by atoms with van der Waals surface area (Å²) in [6, 6.07) is 0. The number of aliphatic hydroxyl groups is 1. The number of hydrogen-bond acceptors (Lipinski definition) is 15. The quantitative estimate of drug-likeness (QED) is 0.0222. The van der Waals surface area contributed by atoms with Crippen molar-refractivity contribution in [3.05, 3.63) is 0 Å². The van der Waals surface area contributed by atoms with Crippen LogP contribution in [0.25, 0.3) is 0 Å². The Labute approximate surface area is 613 Å². The van der Waals surface area contributed by atoms with Gasteiger partial charge in [-0.1, -0.05) is 381 Å². The SMILES string of the molecule is CCCCCCCCCCCCCCCCCCCCCCCC(=O)O[C@H](COC(=O)CCCCCCCCCCCCCCCCCC)COP(=O)(O)OC[C@@H](O)COP(=O)(O)OC[C@@H](COC(=O)CCCCCCCCC(C)CC)OC(=O)CCCCCCCCCCCCCCC. The third-order valence-electron chi connectivity index (χ3n) is 19.4. The fraction of sp³-hybridized carbons (Fsp3) is 0.951. The number of hydrogen-bond donors (Lipinski definition) is 3. The molecular formula is C81H158O17P2. The number of aliphatic hydroxyl groups excluding tert-OH is 1. The second kappa shape index (κ2) is 73.9. The molecule has 19 heteroatoms. The van der Waals surface area contributed by atoms with E-state index in [-0.39, 0.29) is 25.7 Å². The van der Waals surface area contributed by atoms with Crippen LogP contribution in [0.5, 0.6) is 0 Å². The van der Waals surface area contributed by atoms with Gasteiger partial charge in [0.2, 0.25) is 0 Å². The summed E-state index contributed by atoms with van der Waals surface area (Å²) in [5.41, 5.74) is 0. The van der Waals surface area contributed by atoms with Crippen LogP contribution in [0, 0.1) is 5.92 Å². The van der Waals surface area contributed by atoms with E-state index in [4.69, 9.17) is 37.0 Å². The molecule has 0 aliphatic heterocycles. The molecule has 0 aromatic carbocycles. The van der Waals surface area contributed by atoms with Crippen LogP contribution in [0.1, 0.15) is 433 Å². The van der Waals surface area contributed by atoms with Crippen molar-refractivity contribution in [2.75, 3.05) is 39.6 Å². The Morgan fingerprint density at radius 1 is 0.280 bits per heavy atom. The predicted molar refractivity (Wildman–Crippen MR) is 409 cm³/mol. The van der Waals surface area contributed by atoms with Gasteiger partial charge in [0.25, 0.3) is 0 Å². The number of carbonyl (C=O) groups excluding carboxylic acids is 4. The first-order chi connectivity index (χ1) is 48.6. The van der Waals surface area contributed by atoms with Crippen LogP contribution in [0.2, 0.25) is 0 Å². The molecule has 3 unspecified atom stereocenters. The first kappa shape index (κ1) is 98.1. The first-order valence-electron chi connectivity index (χ1n) is 42.2. The van der Waals surface area contributed by atoms with E-state index in [0.717, 1.165) is 102 Å². The lowest BCUT2D eigenvalue weighted by Crippen LogP contribution is -2.30. The normalized spacial score (nSPS) is 14.1. The van der Waals surface area contributed by atoms with E-state index in [9.17, 15) is 43.2 Å². The number of unbranched alkanes of at least 4 members (excludes halogenated alkanes) is 52.